The molecular weight excluding hydrogens is 500 g/mol. The summed E-state index contributed by atoms with van der Waals surface area (Å²) in [5.74, 6) is -0.334. The highest BCUT2D eigenvalue weighted by molar-refractivity contribution is 5.98. The van der Waals surface area contributed by atoms with Crippen LogP contribution in [0.25, 0.3) is 0 Å². The first-order valence-electron chi connectivity index (χ1n) is 13.9. The molecule has 2 heterocycles. The molecule has 0 atom stereocenters. The van der Waals surface area contributed by atoms with Gasteiger partial charge >= 0.3 is 0 Å². The maximum atomic E-state index is 13.6. The van der Waals surface area contributed by atoms with Crippen LogP contribution in [0.3, 0.4) is 0 Å². The zero-order chi connectivity index (χ0) is 28.2. The van der Waals surface area contributed by atoms with E-state index in [2.05, 4.69) is 39.8 Å². The molecule has 2 aliphatic rings. The zero-order valence-electron chi connectivity index (χ0n) is 23.3. The van der Waals surface area contributed by atoms with Gasteiger partial charge in [0.25, 0.3) is 11.8 Å². The van der Waals surface area contributed by atoms with Crippen molar-refractivity contribution in [1.29, 1.82) is 5.26 Å². The van der Waals surface area contributed by atoms with Gasteiger partial charge in [0.1, 0.15) is 6.07 Å². The van der Waals surface area contributed by atoms with Gasteiger partial charge in [-0.15, -0.1) is 0 Å². The third kappa shape index (κ3) is 5.65. The molecule has 2 N–H and O–H groups in total. The van der Waals surface area contributed by atoms with E-state index in [1.54, 1.807) is 6.07 Å². The highest BCUT2D eigenvalue weighted by Crippen LogP contribution is 2.25. The fourth-order valence-corrected chi connectivity index (χ4v) is 5.81. The first-order chi connectivity index (χ1) is 19.4. The van der Waals surface area contributed by atoms with Gasteiger partial charge < -0.3 is 20.4 Å². The minimum atomic E-state index is -0.404. The van der Waals surface area contributed by atoms with E-state index in [-0.39, 0.29) is 5.91 Å². The Morgan fingerprint density at radius 1 is 0.775 bits per heavy atom. The van der Waals surface area contributed by atoms with Crippen molar-refractivity contribution in [3.05, 3.63) is 94.0 Å². The number of primary amides is 1. The molecule has 2 saturated heterocycles. The fourth-order valence-electron chi connectivity index (χ4n) is 5.81. The number of anilines is 2. The van der Waals surface area contributed by atoms with Gasteiger partial charge in [0, 0.05) is 70.2 Å². The molecule has 2 fully saturated rings. The van der Waals surface area contributed by atoms with Crippen molar-refractivity contribution >= 4 is 23.2 Å². The Labute approximate surface area is 236 Å². The van der Waals surface area contributed by atoms with Crippen molar-refractivity contribution in [3.63, 3.8) is 0 Å². The number of nitrogens with two attached hydrogens (primary N) is 1. The molecule has 0 aliphatic carbocycles. The molecule has 0 bridgehead atoms. The van der Waals surface area contributed by atoms with Gasteiger partial charge in [0.05, 0.1) is 16.8 Å². The van der Waals surface area contributed by atoms with Crippen LogP contribution >= 0.6 is 0 Å². The van der Waals surface area contributed by atoms with Crippen molar-refractivity contribution in [1.82, 2.24) is 9.80 Å². The van der Waals surface area contributed by atoms with Crippen LogP contribution in [0.5, 0.6) is 0 Å². The van der Waals surface area contributed by atoms with Gasteiger partial charge in [0.15, 0.2) is 0 Å². The molecule has 206 valence electrons. The molecule has 0 spiro atoms. The SMILES string of the molecule is Cc1cc(C)c(C(=O)N2CCN(c3ccccc3C#N)CC2)cc1CN1CCN(c2ccccc2C(N)=O)CC1. The Hall–Kier alpha value is -4.35. The van der Waals surface area contributed by atoms with E-state index in [0.717, 1.165) is 55.2 Å². The highest BCUT2D eigenvalue weighted by Gasteiger charge is 2.26. The molecule has 8 nitrogen and oxygen atoms in total. The summed E-state index contributed by atoms with van der Waals surface area (Å²) in [4.78, 5) is 34.3. The second-order valence-corrected chi connectivity index (χ2v) is 10.6. The van der Waals surface area contributed by atoms with E-state index in [4.69, 9.17) is 5.73 Å². The van der Waals surface area contributed by atoms with E-state index in [0.29, 0.717) is 37.3 Å². The molecule has 0 aromatic heterocycles. The van der Waals surface area contributed by atoms with E-state index >= 15 is 0 Å². The smallest absolute Gasteiger partial charge is 0.254 e. The number of nitriles is 1. The molecule has 2 aliphatic heterocycles. The summed E-state index contributed by atoms with van der Waals surface area (Å²) in [7, 11) is 0. The molecular formula is C32H36N6O2. The number of rotatable bonds is 6. The quantitative estimate of drug-likeness (QED) is 0.518. The molecule has 0 saturated carbocycles. The van der Waals surface area contributed by atoms with Crippen molar-refractivity contribution in [2.75, 3.05) is 62.2 Å². The summed E-state index contributed by atoms with van der Waals surface area (Å²) in [5, 5.41) is 9.47. The number of para-hydroxylation sites is 2. The summed E-state index contributed by atoms with van der Waals surface area (Å²) >= 11 is 0. The van der Waals surface area contributed by atoms with Crippen molar-refractivity contribution in [2.24, 2.45) is 5.73 Å². The summed E-state index contributed by atoms with van der Waals surface area (Å²) in [6, 6.07) is 21.6. The van der Waals surface area contributed by atoms with Gasteiger partial charge in [-0.3, -0.25) is 14.5 Å². The van der Waals surface area contributed by atoms with Crippen LogP contribution in [0, 0.1) is 25.2 Å². The average molecular weight is 537 g/mol. The third-order valence-corrected chi connectivity index (χ3v) is 8.12. The standard InChI is InChI=1S/C32H36N6O2/c1-23-19-24(2)28(32(40)38-17-15-36(16-18-38)29-9-5-3-7-25(29)21-33)20-26(23)22-35-11-13-37(14-12-35)30-10-6-4-8-27(30)31(34)39/h3-10,19-20H,11-18,22H2,1-2H3,(H2,34,39). The largest absolute Gasteiger partial charge is 0.368 e. The van der Waals surface area contributed by atoms with Gasteiger partial charge in [-0.05, 0) is 60.9 Å². The molecule has 40 heavy (non-hydrogen) atoms. The lowest BCUT2D eigenvalue weighted by Crippen LogP contribution is -2.49. The number of carbonyl (C=O) groups is 2. The lowest BCUT2D eigenvalue weighted by atomic mass is 9.98. The normalized spacial score (nSPS) is 16.1. The molecule has 2 amide bonds. The van der Waals surface area contributed by atoms with E-state index < -0.39 is 5.91 Å². The Bertz CT molecular complexity index is 1450. The lowest BCUT2D eigenvalue weighted by Gasteiger charge is -2.37. The lowest BCUT2D eigenvalue weighted by molar-refractivity contribution is 0.0745. The number of amides is 2. The number of benzene rings is 3. The van der Waals surface area contributed by atoms with Crippen LogP contribution in [-0.2, 0) is 6.54 Å². The van der Waals surface area contributed by atoms with Crippen LogP contribution in [-0.4, -0.2) is 74.0 Å². The third-order valence-electron chi connectivity index (χ3n) is 8.12. The summed E-state index contributed by atoms with van der Waals surface area (Å²) in [5.41, 5.74) is 12.8. The van der Waals surface area contributed by atoms with Crippen LogP contribution in [0.1, 0.15) is 43.0 Å². The van der Waals surface area contributed by atoms with Gasteiger partial charge in [-0.25, -0.2) is 0 Å². The average Bonchev–Trinajstić information content (AvgIpc) is 2.98. The van der Waals surface area contributed by atoms with Gasteiger partial charge in [-0.1, -0.05) is 30.3 Å². The molecule has 0 unspecified atom stereocenters. The Kier molecular flexibility index (Phi) is 8.04. The highest BCUT2D eigenvalue weighted by atomic mass is 16.2. The predicted molar refractivity (Wildman–Crippen MR) is 158 cm³/mol. The monoisotopic (exact) mass is 536 g/mol. The maximum absolute atomic E-state index is 13.6. The van der Waals surface area contributed by atoms with E-state index in [1.165, 1.54) is 11.1 Å². The second kappa shape index (κ2) is 11.8. The summed E-state index contributed by atoms with van der Waals surface area (Å²) < 4.78 is 0. The number of hydrogen-bond donors (Lipinski definition) is 1. The predicted octanol–water partition coefficient (Wildman–Crippen LogP) is 3.56. The number of hydrogen-bond acceptors (Lipinski definition) is 6. The second-order valence-electron chi connectivity index (χ2n) is 10.6. The Balaban J connectivity index is 1.23. The van der Waals surface area contributed by atoms with Crippen LogP contribution in [0.4, 0.5) is 11.4 Å². The summed E-state index contributed by atoms with van der Waals surface area (Å²) in [6.07, 6.45) is 0. The maximum Gasteiger partial charge on any atom is 0.254 e. The van der Waals surface area contributed by atoms with E-state index in [9.17, 15) is 14.9 Å². The number of aryl methyl sites for hydroxylation is 2. The number of nitrogens with zero attached hydrogens (tertiary/aromatic N) is 5. The first-order valence-corrected chi connectivity index (χ1v) is 13.9. The molecule has 8 heteroatoms. The summed E-state index contributed by atoms with van der Waals surface area (Å²) in [6.45, 7) is 10.9. The number of carbonyl (C=O) groups excluding carboxylic acids is 2. The number of piperazine rings is 2. The van der Waals surface area contributed by atoms with Crippen LogP contribution in [0.15, 0.2) is 60.7 Å². The molecule has 5 rings (SSSR count). The Morgan fingerprint density at radius 2 is 1.38 bits per heavy atom. The fraction of sp³-hybridized carbons (Fsp3) is 0.344. The minimum Gasteiger partial charge on any atom is -0.368 e. The van der Waals surface area contributed by atoms with Gasteiger partial charge in [0.2, 0.25) is 0 Å². The zero-order valence-corrected chi connectivity index (χ0v) is 23.3. The van der Waals surface area contributed by atoms with Crippen molar-refractivity contribution < 1.29 is 9.59 Å². The Morgan fingerprint density at radius 3 is 2.05 bits per heavy atom. The van der Waals surface area contributed by atoms with Crippen molar-refractivity contribution in [2.45, 2.75) is 20.4 Å². The molecule has 3 aromatic rings. The first kappa shape index (κ1) is 27.2. The minimum absolute atomic E-state index is 0.0693. The molecule has 0 radical (unpaired) electrons. The topological polar surface area (TPSA) is 96.9 Å². The van der Waals surface area contributed by atoms with Crippen molar-refractivity contribution in [3.8, 4) is 6.07 Å². The van der Waals surface area contributed by atoms with E-state index in [1.807, 2.05) is 54.3 Å². The molecule has 3 aromatic carbocycles. The van der Waals surface area contributed by atoms with Crippen LogP contribution in [0.2, 0.25) is 0 Å². The van der Waals surface area contributed by atoms with Crippen LogP contribution < -0.4 is 15.5 Å². The van der Waals surface area contributed by atoms with Gasteiger partial charge in [-0.2, -0.15) is 5.26 Å².